The van der Waals surface area contributed by atoms with Gasteiger partial charge in [-0.3, -0.25) is 0 Å². The predicted molar refractivity (Wildman–Crippen MR) is 55.2 cm³/mol. The summed E-state index contributed by atoms with van der Waals surface area (Å²) >= 11 is 0. The van der Waals surface area contributed by atoms with Crippen LogP contribution in [-0.2, 0) is 4.74 Å². The minimum absolute atomic E-state index is 0.000508. The van der Waals surface area contributed by atoms with Gasteiger partial charge in [0, 0.05) is 5.56 Å². The van der Waals surface area contributed by atoms with E-state index in [1.807, 2.05) is 0 Å². The lowest BCUT2D eigenvalue weighted by Gasteiger charge is -2.10. The van der Waals surface area contributed by atoms with Crippen LogP contribution in [0.1, 0.15) is 28.4 Å². The second-order valence-corrected chi connectivity index (χ2v) is 3.28. The average Bonchev–Trinajstić information content (AvgIpc) is 2.20. The number of hydrogen-bond donors (Lipinski definition) is 2. The number of rotatable bonds is 2. The van der Waals surface area contributed by atoms with Crippen LogP contribution in [0, 0.1) is 13.8 Å². The van der Waals surface area contributed by atoms with Crippen molar-refractivity contribution in [3.05, 3.63) is 22.8 Å². The Morgan fingerprint density at radius 2 is 1.93 bits per heavy atom. The Balaban J connectivity index is 3.26. The standard InChI is InChI=1S/C11H14O4/c1-4-15-11(14)8-5-6(2)9(12)7(3)10(8)13/h5,12-13H,4H2,1-3H3. The highest BCUT2D eigenvalue weighted by Crippen LogP contribution is 2.33. The molecule has 0 fully saturated rings. The van der Waals surface area contributed by atoms with Crippen molar-refractivity contribution in [3.8, 4) is 11.5 Å². The van der Waals surface area contributed by atoms with Gasteiger partial charge in [0.1, 0.15) is 17.1 Å². The maximum absolute atomic E-state index is 11.4. The van der Waals surface area contributed by atoms with Gasteiger partial charge >= 0.3 is 5.97 Å². The summed E-state index contributed by atoms with van der Waals surface area (Å²) in [6.45, 7) is 5.14. The number of ether oxygens (including phenoxy) is 1. The molecule has 1 rings (SSSR count). The van der Waals surface area contributed by atoms with Gasteiger partial charge in [0.05, 0.1) is 6.61 Å². The summed E-state index contributed by atoms with van der Waals surface area (Å²) in [5, 5.41) is 19.2. The molecule has 0 spiro atoms. The summed E-state index contributed by atoms with van der Waals surface area (Å²) in [4.78, 5) is 11.4. The summed E-state index contributed by atoms with van der Waals surface area (Å²) in [5.74, 6) is -0.807. The van der Waals surface area contributed by atoms with E-state index in [4.69, 9.17) is 4.74 Å². The quantitative estimate of drug-likeness (QED) is 0.731. The lowest BCUT2D eigenvalue weighted by molar-refractivity contribution is 0.0522. The summed E-state index contributed by atoms with van der Waals surface area (Å²) in [5.41, 5.74) is 0.913. The maximum atomic E-state index is 11.4. The normalized spacial score (nSPS) is 10.1. The van der Waals surface area contributed by atoms with Crippen LogP contribution >= 0.6 is 0 Å². The molecule has 4 heteroatoms. The Morgan fingerprint density at radius 1 is 1.33 bits per heavy atom. The molecule has 2 N–H and O–H groups in total. The lowest BCUT2D eigenvalue weighted by atomic mass is 10.0. The number of carbonyl (C=O) groups is 1. The van der Waals surface area contributed by atoms with Crippen LogP contribution in [0.15, 0.2) is 6.07 Å². The van der Waals surface area contributed by atoms with Crippen LogP contribution in [0.3, 0.4) is 0 Å². The van der Waals surface area contributed by atoms with Crippen molar-refractivity contribution in [2.45, 2.75) is 20.8 Å². The van der Waals surface area contributed by atoms with E-state index in [-0.39, 0.29) is 29.2 Å². The molecule has 0 atom stereocenters. The first-order chi connectivity index (χ1) is 6.99. The first-order valence-electron chi connectivity index (χ1n) is 4.68. The largest absolute Gasteiger partial charge is 0.507 e. The summed E-state index contributed by atoms with van der Waals surface area (Å²) in [7, 11) is 0. The smallest absolute Gasteiger partial charge is 0.341 e. The molecule has 0 amide bonds. The van der Waals surface area contributed by atoms with Crippen LogP contribution in [-0.4, -0.2) is 22.8 Å². The fraction of sp³-hybridized carbons (Fsp3) is 0.364. The van der Waals surface area contributed by atoms with E-state index in [2.05, 4.69) is 0 Å². The van der Waals surface area contributed by atoms with E-state index < -0.39 is 5.97 Å². The summed E-state index contributed by atoms with van der Waals surface area (Å²) in [6, 6.07) is 1.41. The zero-order chi connectivity index (χ0) is 11.6. The number of aromatic hydroxyl groups is 2. The average molecular weight is 210 g/mol. The van der Waals surface area contributed by atoms with E-state index in [0.717, 1.165) is 0 Å². The second-order valence-electron chi connectivity index (χ2n) is 3.28. The molecule has 0 aromatic heterocycles. The SMILES string of the molecule is CCOC(=O)c1cc(C)c(O)c(C)c1O. The minimum atomic E-state index is -0.582. The molecule has 0 aliphatic carbocycles. The van der Waals surface area contributed by atoms with Gasteiger partial charge in [-0.05, 0) is 32.4 Å². The fourth-order valence-electron chi connectivity index (χ4n) is 1.33. The highest BCUT2D eigenvalue weighted by atomic mass is 16.5. The van der Waals surface area contributed by atoms with Crippen LogP contribution in [0.25, 0.3) is 0 Å². The first-order valence-corrected chi connectivity index (χ1v) is 4.68. The van der Waals surface area contributed by atoms with E-state index in [1.165, 1.54) is 6.07 Å². The Kier molecular flexibility index (Phi) is 3.19. The minimum Gasteiger partial charge on any atom is -0.507 e. The molecule has 0 bridgehead atoms. The molecular formula is C11H14O4. The molecule has 15 heavy (non-hydrogen) atoms. The Hall–Kier alpha value is -1.71. The Morgan fingerprint density at radius 3 is 2.47 bits per heavy atom. The van der Waals surface area contributed by atoms with Crippen molar-refractivity contribution in [1.82, 2.24) is 0 Å². The Bertz CT molecular complexity index is 396. The molecule has 4 nitrogen and oxygen atoms in total. The third kappa shape index (κ3) is 2.03. The van der Waals surface area contributed by atoms with Crippen LogP contribution in [0.4, 0.5) is 0 Å². The van der Waals surface area contributed by atoms with Gasteiger partial charge in [0.15, 0.2) is 0 Å². The molecule has 0 heterocycles. The molecule has 1 aromatic rings. The van der Waals surface area contributed by atoms with Gasteiger partial charge in [-0.25, -0.2) is 4.79 Å². The van der Waals surface area contributed by atoms with E-state index >= 15 is 0 Å². The molecule has 0 radical (unpaired) electrons. The van der Waals surface area contributed by atoms with Crippen molar-refractivity contribution in [2.75, 3.05) is 6.61 Å². The number of esters is 1. The van der Waals surface area contributed by atoms with Gasteiger partial charge in [0.25, 0.3) is 0 Å². The number of aryl methyl sites for hydroxylation is 1. The molecule has 0 aliphatic rings. The zero-order valence-corrected chi connectivity index (χ0v) is 9.00. The monoisotopic (exact) mass is 210 g/mol. The number of phenols is 2. The van der Waals surface area contributed by atoms with E-state index in [0.29, 0.717) is 5.56 Å². The third-order valence-corrected chi connectivity index (χ3v) is 2.20. The molecule has 0 saturated carbocycles. The highest BCUT2D eigenvalue weighted by molar-refractivity contribution is 5.93. The van der Waals surface area contributed by atoms with Crippen molar-refractivity contribution < 1.29 is 19.7 Å². The lowest BCUT2D eigenvalue weighted by Crippen LogP contribution is -2.06. The first kappa shape index (κ1) is 11.4. The molecule has 0 saturated heterocycles. The molecule has 1 aromatic carbocycles. The number of carbonyl (C=O) groups excluding carboxylic acids is 1. The van der Waals surface area contributed by atoms with E-state index in [9.17, 15) is 15.0 Å². The van der Waals surface area contributed by atoms with Crippen molar-refractivity contribution >= 4 is 5.97 Å². The summed E-state index contributed by atoms with van der Waals surface area (Å²) in [6.07, 6.45) is 0. The van der Waals surface area contributed by atoms with Gasteiger partial charge in [-0.15, -0.1) is 0 Å². The zero-order valence-electron chi connectivity index (χ0n) is 9.00. The molecular weight excluding hydrogens is 196 g/mol. The van der Waals surface area contributed by atoms with Crippen molar-refractivity contribution in [3.63, 3.8) is 0 Å². The van der Waals surface area contributed by atoms with Gasteiger partial charge in [-0.2, -0.15) is 0 Å². The van der Waals surface area contributed by atoms with Crippen molar-refractivity contribution in [2.24, 2.45) is 0 Å². The number of phenolic OH excluding ortho intramolecular Hbond substituents is 2. The second kappa shape index (κ2) is 4.21. The number of benzene rings is 1. The predicted octanol–water partition coefficient (Wildman–Crippen LogP) is 1.89. The number of hydrogen-bond acceptors (Lipinski definition) is 4. The molecule has 82 valence electrons. The van der Waals surface area contributed by atoms with Gasteiger partial charge in [0.2, 0.25) is 0 Å². The topological polar surface area (TPSA) is 66.8 Å². The van der Waals surface area contributed by atoms with Crippen LogP contribution in [0.2, 0.25) is 0 Å². The van der Waals surface area contributed by atoms with Crippen molar-refractivity contribution in [1.29, 1.82) is 0 Å². The van der Waals surface area contributed by atoms with Crippen LogP contribution in [0.5, 0.6) is 11.5 Å². The van der Waals surface area contributed by atoms with E-state index in [1.54, 1.807) is 20.8 Å². The summed E-state index contributed by atoms with van der Waals surface area (Å²) < 4.78 is 4.78. The molecule has 0 aliphatic heterocycles. The van der Waals surface area contributed by atoms with Gasteiger partial charge < -0.3 is 14.9 Å². The molecule has 0 unspecified atom stereocenters. The maximum Gasteiger partial charge on any atom is 0.341 e. The fourth-order valence-corrected chi connectivity index (χ4v) is 1.33. The van der Waals surface area contributed by atoms with Gasteiger partial charge in [-0.1, -0.05) is 0 Å². The Labute approximate surface area is 88.1 Å². The van der Waals surface area contributed by atoms with Crippen LogP contribution < -0.4 is 0 Å². The third-order valence-electron chi connectivity index (χ3n) is 2.20. The highest BCUT2D eigenvalue weighted by Gasteiger charge is 2.18.